The van der Waals surface area contributed by atoms with Gasteiger partial charge in [0.2, 0.25) is 5.88 Å². The average Bonchev–Trinajstić information content (AvgIpc) is 3.18. The molecule has 1 fully saturated rings. The SMILES string of the molecule is Cc1ccc(F)c(C)c1Oc1c(C(=O)N2CCNCC2)c2ccncc2n1-c1ccccc1.Cl.Cl. The molecule has 0 radical (unpaired) electrons. The van der Waals surface area contributed by atoms with Crippen LogP contribution in [0.5, 0.6) is 11.6 Å². The van der Waals surface area contributed by atoms with Gasteiger partial charge in [-0.2, -0.15) is 0 Å². The second-order valence-electron chi connectivity index (χ2n) is 8.21. The number of nitrogens with zero attached hydrogens (tertiary/aromatic N) is 3. The van der Waals surface area contributed by atoms with Crippen LogP contribution in [0.1, 0.15) is 21.5 Å². The summed E-state index contributed by atoms with van der Waals surface area (Å²) in [5.74, 6) is 0.320. The molecule has 2 aromatic carbocycles. The van der Waals surface area contributed by atoms with Gasteiger partial charge in [0, 0.05) is 49.0 Å². The molecule has 184 valence electrons. The molecule has 5 rings (SSSR count). The molecule has 9 heteroatoms. The summed E-state index contributed by atoms with van der Waals surface area (Å²) in [5, 5.41) is 4.03. The molecular weight excluding hydrogens is 490 g/mol. The number of para-hydroxylation sites is 1. The smallest absolute Gasteiger partial charge is 0.260 e. The Balaban J connectivity index is 0.00000171. The fourth-order valence-electron chi connectivity index (χ4n) is 4.33. The first-order valence-electron chi connectivity index (χ1n) is 11.0. The lowest BCUT2D eigenvalue weighted by Crippen LogP contribution is -2.46. The van der Waals surface area contributed by atoms with Crippen LogP contribution >= 0.6 is 24.8 Å². The van der Waals surface area contributed by atoms with E-state index in [0.29, 0.717) is 35.8 Å². The third-order valence-electron chi connectivity index (χ3n) is 6.10. The van der Waals surface area contributed by atoms with Gasteiger partial charge in [-0.3, -0.25) is 14.3 Å². The summed E-state index contributed by atoms with van der Waals surface area (Å²) >= 11 is 0. The van der Waals surface area contributed by atoms with Gasteiger partial charge in [-0.05, 0) is 43.7 Å². The number of benzene rings is 2. The maximum atomic E-state index is 14.5. The van der Waals surface area contributed by atoms with Gasteiger partial charge in [-0.15, -0.1) is 24.8 Å². The number of carbonyl (C=O) groups is 1. The second kappa shape index (κ2) is 11.1. The number of hydrogen-bond acceptors (Lipinski definition) is 4. The normalized spacial score (nSPS) is 13.2. The van der Waals surface area contributed by atoms with Crippen LogP contribution in [0.15, 0.2) is 60.9 Å². The Labute approximate surface area is 215 Å². The van der Waals surface area contributed by atoms with Gasteiger partial charge in [0.25, 0.3) is 5.91 Å². The van der Waals surface area contributed by atoms with Crippen LogP contribution in [0.3, 0.4) is 0 Å². The minimum atomic E-state index is -0.352. The molecule has 3 heterocycles. The minimum absolute atomic E-state index is 0. The predicted molar refractivity (Wildman–Crippen MR) is 140 cm³/mol. The number of fused-ring (bicyclic) bond motifs is 1. The number of hydrogen-bond donors (Lipinski definition) is 1. The van der Waals surface area contributed by atoms with Crippen molar-refractivity contribution in [2.75, 3.05) is 26.2 Å². The lowest BCUT2D eigenvalue weighted by Gasteiger charge is -2.27. The van der Waals surface area contributed by atoms with E-state index in [-0.39, 0.29) is 36.5 Å². The zero-order valence-corrected chi connectivity index (χ0v) is 21.1. The fraction of sp³-hybridized carbons (Fsp3) is 0.231. The molecule has 35 heavy (non-hydrogen) atoms. The van der Waals surface area contributed by atoms with Crippen LogP contribution in [0.2, 0.25) is 0 Å². The van der Waals surface area contributed by atoms with E-state index in [4.69, 9.17) is 4.74 Å². The van der Waals surface area contributed by atoms with Gasteiger partial charge in [0.15, 0.2) is 0 Å². The van der Waals surface area contributed by atoms with Gasteiger partial charge in [-0.25, -0.2) is 4.39 Å². The monoisotopic (exact) mass is 516 g/mol. The summed E-state index contributed by atoms with van der Waals surface area (Å²) < 4.78 is 22.8. The van der Waals surface area contributed by atoms with E-state index in [2.05, 4.69) is 10.3 Å². The molecule has 0 bridgehead atoms. The number of aryl methyl sites for hydroxylation is 1. The Kier molecular flexibility index (Phi) is 8.38. The topological polar surface area (TPSA) is 59.4 Å². The van der Waals surface area contributed by atoms with E-state index < -0.39 is 0 Å². The molecule has 0 aliphatic carbocycles. The number of carbonyl (C=O) groups excluding carboxylic acids is 1. The quantitative estimate of drug-likeness (QED) is 0.391. The first-order valence-corrected chi connectivity index (χ1v) is 11.0. The maximum absolute atomic E-state index is 14.5. The number of rotatable bonds is 4. The van der Waals surface area contributed by atoms with Crippen molar-refractivity contribution in [1.29, 1.82) is 0 Å². The zero-order chi connectivity index (χ0) is 22.9. The predicted octanol–water partition coefficient (Wildman–Crippen LogP) is 5.46. The minimum Gasteiger partial charge on any atom is -0.439 e. The Hall–Kier alpha value is -3.13. The molecule has 2 aromatic heterocycles. The van der Waals surface area contributed by atoms with Crippen molar-refractivity contribution in [2.45, 2.75) is 13.8 Å². The van der Waals surface area contributed by atoms with Crippen molar-refractivity contribution in [3.05, 3.63) is 83.4 Å². The highest BCUT2D eigenvalue weighted by molar-refractivity contribution is 6.10. The van der Waals surface area contributed by atoms with E-state index in [1.54, 1.807) is 25.4 Å². The van der Waals surface area contributed by atoms with E-state index in [1.165, 1.54) is 6.07 Å². The first kappa shape index (κ1) is 26.5. The molecule has 1 aliphatic rings. The van der Waals surface area contributed by atoms with Crippen LogP contribution in [-0.2, 0) is 0 Å². The molecular formula is C26H27Cl2FN4O2. The van der Waals surface area contributed by atoms with E-state index in [0.717, 1.165) is 35.2 Å². The lowest BCUT2D eigenvalue weighted by molar-refractivity contribution is 0.0735. The summed E-state index contributed by atoms with van der Waals surface area (Å²) in [4.78, 5) is 20.0. The second-order valence-corrected chi connectivity index (χ2v) is 8.21. The fourth-order valence-corrected chi connectivity index (χ4v) is 4.33. The van der Waals surface area contributed by atoms with E-state index in [9.17, 15) is 9.18 Å². The van der Waals surface area contributed by atoms with Gasteiger partial charge >= 0.3 is 0 Å². The molecule has 1 N–H and O–H groups in total. The Morgan fingerprint density at radius 3 is 2.46 bits per heavy atom. The molecule has 1 aliphatic heterocycles. The van der Waals surface area contributed by atoms with Crippen molar-refractivity contribution >= 4 is 41.6 Å². The third kappa shape index (κ3) is 4.85. The van der Waals surface area contributed by atoms with E-state index >= 15 is 0 Å². The largest absolute Gasteiger partial charge is 0.439 e. The van der Waals surface area contributed by atoms with Crippen molar-refractivity contribution in [3.8, 4) is 17.3 Å². The summed E-state index contributed by atoms with van der Waals surface area (Å²) in [6.07, 6.45) is 3.41. The van der Waals surface area contributed by atoms with Gasteiger partial charge in [0.1, 0.15) is 17.1 Å². The Morgan fingerprint density at radius 1 is 1.03 bits per heavy atom. The Morgan fingerprint density at radius 2 is 1.74 bits per heavy atom. The number of nitrogens with one attached hydrogen (secondary N) is 1. The molecule has 0 unspecified atom stereocenters. The number of ether oxygens (including phenoxy) is 1. The average molecular weight is 517 g/mol. The number of piperazine rings is 1. The standard InChI is InChI=1S/C26H25FN4O2.2ClH/c1-17-8-9-21(27)18(2)24(17)33-26-23(25(32)30-14-12-28-13-15-30)20-10-11-29-16-22(20)31(26)19-6-4-3-5-7-19;;/h3-11,16,28H,12-15H2,1-2H3;2*1H. The first-order chi connectivity index (χ1) is 16.1. The highest BCUT2D eigenvalue weighted by Crippen LogP contribution is 2.40. The summed E-state index contributed by atoms with van der Waals surface area (Å²) in [7, 11) is 0. The number of pyridine rings is 1. The molecule has 0 spiro atoms. The zero-order valence-electron chi connectivity index (χ0n) is 19.5. The van der Waals surface area contributed by atoms with Gasteiger partial charge in [0.05, 0.1) is 11.7 Å². The molecule has 0 atom stereocenters. The molecule has 0 saturated carbocycles. The molecule has 1 amide bonds. The summed E-state index contributed by atoms with van der Waals surface area (Å²) in [5.41, 5.74) is 3.23. The number of amides is 1. The van der Waals surface area contributed by atoms with Crippen molar-refractivity contribution in [1.82, 2.24) is 19.8 Å². The summed E-state index contributed by atoms with van der Waals surface area (Å²) in [6.45, 7) is 6.26. The van der Waals surface area contributed by atoms with Gasteiger partial charge < -0.3 is 15.0 Å². The summed E-state index contributed by atoms with van der Waals surface area (Å²) in [6, 6.07) is 14.6. The molecule has 4 aromatic rings. The lowest BCUT2D eigenvalue weighted by atomic mass is 10.1. The van der Waals surface area contributed by atoms with Crippen LogP contribution < -0.4 is 10.1 Å². The van der Waals surface area contributed by atoms with Crippen LogP contribution in [0.25, 0.3) is 16.6 Å². The van der Waals surface area contributed by atoms with Crippen LogP contribution in [0.4, 0.5) is 4.39 Å². The van der Waals surface area contributed by atoms with E-state index in [1.807, 2.05) is 52.8 Å². The van der Waals surface area contributed by atoms with Crippen LogP contribution in [-0.4, -0.2) is 46.5 Å². The van der Waals surface area contributed by atoms with Crippen molar-refractivity contribution in [2.24, 2.45) is 0 Å². The number of halogens is 3. The molecule has 1 saturated heterocycles. The maximum Gasteiger partial charge on any atom is 0.260 e. The Bertz CT molecular complexity index is 1340. The van der Waals surface area contributed by atoms with Gasteiger partial charge in [-0.1, -0.05) is 24.3 Å². The van der Waals surface area contributed by atoms with Crippen LogP contribution in [0, 0.1) is 19.7 Å². The van der Waals surface area contributed by atoms with Crippen molar-refractivity contribution < 1.29 is 13.9 Å². The third-order valence-corrected chi connectivity index (χ3v) is 6.10. The number of aromatic nitrogens is 2. The highest BCUT2D eigenvalue weighted by Gasteiger charge is 2.30. The van der Waals surface area contributed by atoms with Crippen molar-refractivity contribution in [3.63, 3.8) is 0 Å². The molecule has 6 nitrogen and oxygen atoms in total. The highest BCUT2D eigenvalue weighted by atomic mass is 35.5.